The molecule has 7 nitrogen and oxygen atoms in total. The van der Waals surface area contributed by atoms with Crippen molar-refractivity contribution in [3.8, 4) is 22.7 Å². The summed E-state index contributed by atoms with van der Waals surface area (Å²) in [6.45, 7) is 1.65. The van der Waals surface area contributed by atoms with Crippen LogP contribution in [0.1, 0.15) is 12.6 Å². The minimum atomic E-state index is -0.258. The number of aromatic nitrogens is 3. The zero-order valence-electron chi connectivity index (χ0n) is 18.3. The largest absolute Gasteiger partial charge is 0.494 e. The summed E-state index contributed by atoms with van der Waals surface area (Å²) < 4.78 is 7.22. The molecule has 2 aromatic heterocycles. The molecule has 0 amide bonds. The Bertz CT molecular complexity index is 1360. The second-order valence-corrected chi connectivity index (χ2v) is 7.31. The highest BCUT2D eigenvalue weighted by atomic mass is 16.5. The molecule has 4 rings (SSSR count). The highest BCUT2D eigenvalue weighted by Gasteiger charge is 2.14. The molecule has 0 aliphatic rings. The highest BCUT2D eigenvalue weighted by molar-refractivity contribution is 5.98. The average molecular weight is 438 g/mol. The van der Waals surface area contributed by atoms with E-state index >= 15 is 0 Å². The third-order valence-corrected chi connectivity index (χ3v) is 4.86. The Morgan fingerprint density at radius 1 is 1.06 bits per heavy atom. The van der Waals surface area contributed by atoms with E-state index in [-0.39, 0.29) is 11.1 Å². The van der Waals surface area contributed by atoms with Crippen LogP contribution >= 0.6 is 0 Å². The highest BCUT2D eigenvalue weighted by Crippen LogP contribution is 2.28. The molecule has 2 heterocycles. The van der Waals surface area contributed by atoms with Gasteiger partial charge in [-0.2, -0.15) is 5.10 Å². The first-order valence-corrected chi connectivity index (χ1v) is 10.3. The standard InChI is InChI=1S/C26H23N5O2/c1-18(27)16-22(29-20-8-4-3-5-9-20)26-24(32)13-15-31(30-26)23-12-11-19(17-25(23)33-2)21-10-6-7-14-28-21/h3-17,27,29H,1-2H3/b22-16-,27-18?. The average Bonchev–Trinajstić information content (AvgIpc) is 2.84. The Hall–Kier alpha value is -4.52. The van der Waals surface area contributed by atoms with E-state index < -0.39 is 0 Å². The molecule has 0 atom stereocenters. The number of ether oxygens (including phenoxy) is 1. The lowest BCUT2D eigenvalue weighted by molar-refractivity contribution is 0.411. The van der Waals surface area contributed by atoms with Gasteiger partial charge in [0, 0.05) is 35.4 Å². The maximum Gasteiger partial charge on any atom is 0.209 e. The fourth-order valence-corrected chi connectivity index (χ4v) is 3.35. The van der Waals surface area contributed by atoms with Gasteiger partial charge in [-0.25, -0.2) is 4.68 Å². The van der Waals surface area contributed by atoms with Crippen LogP contribution in [0, 0.1) is 5.41 Å². The van der Waals surface area contributed by atoms with Crippen molar-refractivity contribution in [2.75, 3.05) is 12.4 Å². The summed E-state index contributed by atoms with van der Waals surface area (Å²) in [7, 11) is 1.59. The fraction of sp³-hybridized carbons (Fsp3) is 0.0769. The number of anilines is 1. The molecule has 0 spiro atoms. The van der Waals surface area contributed by atoms with Gasteiger partial charge in [0.2, 0.25) is 5.43 Å². The van der Waals surface area contributed by atoms with E-state index in [1.165, 1.54) is 6.07 Å². The van der Waals surface area contributed by atoms with Gasteiger partial charge in [-0.15, -0.1) is 0 Å². The van der Waals surface area contributed by atoms with Gasteiger partial charge in [0.05, 0.1) is 18.5 Å². The van der Waals surface area contributed by atoms with Crippen LogP contribution in [0.4, 0.5) is 5.69 Å². The van der Waals surface area contributed by atoms with E-state index in [9.17, 15) is 4.79 Å². The number of pyridine rings is 1. The second kappa shape index (κ2) is 9.74. The van der Waals surface area contributed by atoms with Crippen LogP contribution in [0.5, 0.6) is 5.75 Å². The van der Waals surface area contributed by atoms with E-state index in [4.69, 9.17) is 10.1 Å². The number of nitrogens with zero attached hydrogens (tertiary/aromatic N) is 3. The summed E-state index contributed by atoms with van der Waals surface area (Å²) in [5.41, 5.74) is 3.87. The number of benzene rings is 2. The van der Waals surface area contributed by atoms with Crippen LogP contribution in [0.15, 0.2) is 96.1 Å². The molecule has 2 aromatic carbocycles. The molecule has 0 aliphatic heterocycles. The van der Waals surface area contributed by atoms with Gasteiger partial charge in [0.1, 0.15) is 11.4 Å². The van der Waals surface area contributed by atoms with Gasteiger partial charge in [0.25, 0.3) is 0 Å². The summed E-state index contributed by atoms with van der Waals surface area (Å²) in [5, 5.41) is 15.7. The molecule has 0 bridgehead atoms. The molecular formula is C26H23N5O2. The molecule has 7 heteroatoms. The van der Waals surface area contributed by atoms with Crippen molar-refractivity contribution in [2.45, 2.75) is 6.92 Å². The molecule has 2 N–H and O–H groups in total. The zero-order valence-corrected chi connectivity index (χ0v) is 18.3. The number of hydrogen-bond donors (Lipinski definition) is 2. The van der Waals surface area contributed by atoms with E-state index in [1.54, 1.807) is 37.2 Å². The minimum absolute atomic E-state index is 0.198. The van der Waals surface area contributed by atoms with Gasteiger partial charge in [-0.1, -0.05) is 30.3 Å². The third kappa shape index (κ3) is 5.04. The van der Waals surface area contributed by atoms with Crippen molar-refractivity contribution < 1.29 is 4.74 Å². The molecular weight excluding hydrogens is 414 g/mol. The van der Waals surface area contributed by atoms with Crippen LogP contribution in [0.3, 0.4) is 0 Å². The number of para-hydroxylation sites is 1. The van der Waals surface area contributed by atoms with Crippen LogP contribution < -0.4 is 15.5 Å². The molecule has 0 saturated carbocycles. The monoisotopic (exact) mass is 437 g/mol. The minimum Gasteiger partial charge on any atom is -0.494 e. The predicted molar refractivity (Wildman–Crippen MR) is 131 cm³/mol. The van der Waals surface area contributed by atoms with Gasteiger partial charge in [-0.3, -0.25) is 9.78 Å². The third-order valence-electron chi connectivity index (χ3n) is 4.86. The summed E-state index contributed by atoms with van der Waals surface area (Å²) in [5.74, 6) is 0.588. The predicted octanol–water partition coefficient (Wildman–Crippen LogP) is 4.80. The van der Waals surface area contributed by atoms with Gasteiger partial charge >= 0.3 is 0 Å². The SMILES string of the molecule is COc1cc(-c2ccccn2)ccc1-n1ccc(=O)c(/C(=C/C(C)=N)Nc2ccccc2)n1. The molecule has 0 unspecified atom stereocenters. The van der Waals surface area contributed by atoms with Crippen LogP contribution in [-0.2, 0) is 0 Å². The summed E-state index contributed by atoms with van der Waals surface area (Å²) in [6.07, 6.45) is 4.92. The molecule has 164 valence electrons. The molecule has 0 saturated heterocycles. The molecule has 0 radical (unpaired) electrons. The van der Waals surface area contributed by atoms with Gasteiger partial charge in [0.15, 0.2) is 5.69 Å². The van der Waals surface area contributed by atoms with Crippen molar-refractivity contribution in [3.63, 3.8) is 0 Å². The van der Waals surface area contributed by atoms with Crippen molar-refractivity contribution in [1.29, 1.82) is 5.41 Å². The van der Waals surface area contributed by atoms with Crippen LogP contribution in [0.2, 0.25) is 0 Å². The van der Waals surface area contributed by atoms with E-state index in [0.29, 0.717) is 22.8 Å². The van der Waals surface area contributed by atoms with E-state index in [0.717, 1.165) is 16.9 Å². The van der Waals surface area contributed by atoms with Crippen molar-refractivity contribution in [1.82, 2.24) is 14.8 Å². The molecule has 0 fully saturated rings. The summed E-state index contributed by atoms with van der Waals surface area (Å²) in [4.78, 5) is 17.1. The number of methoxy groups -OCH3 is 1. The maximum absolute atomic E-state index is 12.7. The lowest BCUT2D eigenvalue weighted by Gasteiger charge is -2.15. The van der Waals surface area contributed by atoms with E-state index in [1.807, 2.05) is 66.7 Å². The maximum atomic E-state index is 12.7. The molecule has 0 aliphatic carbocycles. The lowest BCUT2D eigenvalue weighted by Crippen LogP contribution is -2.19. The normalized spacial score (nSPS) is 11.2. The zero-order chi connectivity index (χ0) is 23.2. The van der Waals surface area contributed by atoms with Gasteiger partial charge < -0.3 is 15.5 Å². The lowest BCUT2D eigenvalue weighted by atomic mass is 10.1. The number of nitrogens with one attached hydrogen (secondary N) is 2. The summed E-state index contributed by atoms with van der Waals surface area (Å²) >= 11 is 0. The molecule has 4 aromatic rings. The number of rotatable bonds is 7. The Labute approximate surface area is 191 Å². The summed E-state index contributed by atoms with van der Waals surface area (Å²) in [6, 6.07) is 22.3. The topological polar surface area (TPSA) is 92.9 Å². The van der Waals surface area contributed by atoms with E-state index in [2.05, 4.69) is 15.4 Å². The number of hydrogen-bond acceptors (Lipinski definition) is 6. The Kier molecular flexibility index (Phi) is 6.40. The quantitative estimate of drug-likeness (QED) is 0.405. The fourth-order valence-electron chi connectivity index (χ4n) is 3.35. The Balaban J connectivity index is 1.78. The molecule has 33 heavy (non-hydrogen) atoms. The number of allylic oxidation sites excluding steroid dienone is 1. The van der Waals surface area contributed by atoms with Crippen molar-refractivity contribution in [3.05, 3.63) is 107 Å². The second-order valence-electron chi connectivity index (χ2n) is 7.31. The van der Waals surface area contributed by atoms with Gasteiger partial charge in [-0.05, 0) is 49.4 Å². The Morgan fingerprint density at radius 2 is 1.85 bits per heavy atom. The van der Waals surface area contributed by atoms with Crippen LogP contribution in [0.25, 0.3) is 22.6 Å². The Morgan fingerprint density at radius 3 is 2.55 bits per heavy atom. The first-order valence-electron chi connectivity index (χ1n) is 10.3. The van der Waals surface area contributed by atoms with Crippen LogP contribution in [-0.4, -0.2) is 27.6 Å². The van der Waals surface area contributed by atoms with Crippen molar-refractivity contribution in [2.24, 2.45) is 0 Å². The van der Waals surface area contributed by atoms with Crippen molar-refractivity contribution >= 4 is 17.1 Å². The smallest absolute Gasteiger partial charge is 0.209 e. The first kappa shape index (κ1) is 21.7. The first-order chi connectivity index (χ1) is 16.0.